The molecule has 0 radical (unpaired) electrons. The van der Waals surface area contributed by atoms with Crippen LogP contribution in [0.2, 0.25) is 0 Å². The van der Waals surface area contributed by atoms with Gasteiger partial charge in [-0.25, -0.2) is 18.7 Å². The van der Waals surface area contributed by atoms with Crippen LogP contribution in [0.1, 0.15) is 12.2 Å². The molecule has 0 saturated carbocycles. The number of hydrogen-bond donors (Lipinski definition) is 1. The molecule has 5 rings (SSSR count). The van der Waals surface area contributed by atoms with E-state index >= 15 is 0 Å². The highest BCUT2D eigenvalue weighted by Crippen LogP contribution is 2.29. The van der Waals surface area contributed by atoms with Gasteiger partial charge in [0.2, 0.25) is 5.91 Å². The van der Waals surface area contributed by atoms with E-state index in [1.807, 2.05) is 35.2 Å². The van der Waals surface area contributed by atoms with Crippen molar-refractivity contribution in [1.29, 1.82) is 0 Å². The molecule has 1 N–H and O–H groups in total. The number of para-hydroxylation sites is 1. The van der Waals surface area contributed by atoms with Crippen molar-refractivity contribution in [2.45, 2.75) is 13.0 Å². The molecule has 3 aromatic carbocycles. The standard InChI is InChI=1S/C28H22F2N4O2/c29-20-12-10-19(11-13-20)27-32-25-9-2-1-8-24(25)28(33-27)34(18-23-7-4-16-36-23)15-14-26(35)31-22-6-3-5-21(30)17-22/h1-13,16-17H,14-15,18H2,(H,31,35). The van der Waals surface area contributed by atoms with E-state index in [-0.39, 0.29) is 18.1 Å². The summed E-state index contributed by atoms with van der Waals surface area (Å²) in [6, 6.07) is 23.0. The Kier molecular flexibility index (Phi) is 6.66. The van der Waals surface area contributed by atoms with Gasteiger partial charge in [-0.3, -0.25) is 4.79 Å². The van der Waals surface area contributed by atoms with Crippen LogP contribution in [-0.4, -0.2) is 22.4 Å². The molecule has 8 heteroatoms. The maximum atomic E-state index is 13.5. The summed E-state index contributed by atoms with van der Waals surface area (Å²) in [5.74, 6) is 0.734. The molecule has 180 valence electrons. The molecule has 0 saturated heterocycles. The molecule has 6 nitrogen and oxygen atoms in total. The highest BCUT2D eigenvalue weighted by Gasteiger charge is 2.18. The Labute approximate surface area is 206 Å². The summed E-state index contributed by atoms with van der Waals surface area (Å²) < 4.78 is 32.6. The van der Waals surface area contributed by atoms with Gasteiger partial charge in [-0.1, -0.05) is 18.2 Å². The molecule has 36 heavy (non-hydrogen) atoms. The second-order valence-corrected chi connectivity index (χ2v) is 8.20. The molecule has 5 aromatic rings. The van der Waals surface area contributed by atoms with E-state index in [4.69, 9.17) is 9.40 Å². The number of benzene rings is 3. The third-order valence-corrected chi connectivity index (χ3v) is 5.63. The van der Waals surface area contributed by atoms with Crippen molar-refractivity contribution in [1.82, 2.24) is 9.97 Å². The second-order valence-electron chi connectivity index (χ2n) is 8.20. The number of anilines is 2. The van der Waals surface area contributed by atoms with Crippen molar-refractivity contribution in [2.24, 2.45) is 0 Å². The first kappa shape index (κ1) is 23.2. The van der Waals surface area contributed by atoms with Crippen LogP contribution in [0.5, 0.6) is 0 Å². The average molecular weight is 485 g/mol. The SMILES string of the molecule is O=C(CCN(Cc1ccco1)c1nc(-c2ccc(F)cc2)nc2ccccc12)Nc1cccc(F)c1. The van der Waals surface area contributed by atoms with Gasteiger partial charge in [0.25, 0.3) is 0 Å². The van der Waals surface area contributed by atoms with Gasteiger partial charge in [-0.15, -0.1) is 0 Å². The van der Waals surface area contributed by atoms with E-state index in [1.54, 1.807) is 30.5 Å². The van der Waals surface area contributed by atoms with Crippen molar-refractivity contribution in [3.05, 3.63) is 109 Å². The van der Waals surface area contributed by atoms with Crippen LogP contribution in [0.4, 0.5) is 20.3 Å². The number of carbonyl (C=O) groups excluding carboxylic acids is 1. The summed E-state index contributed by atoms with van der Waals surface area (Å²) in [7, 11) is 0. The average Bonchev–Trinajstić information content (AvgIpc) is 3.40. The molecule has 1 amide bonds. The monoisotopic (exact) mass is 484 g/mol. The van der Waals surface area contributed by atoms with Gasteiger partial charge in [0.15, 0.2) is 5.82 Å². The number of halogens is 2. The fraction of sp³-hybridized carbons (Fsp3) is 0.107. The molecular weight excluding hydrogens is 462 g/mol. The topological polar surface area (TPSA) is 71.3 Å². The van der Waals surface area contributed by atoms with Crippen molar-refractivity contribution in [3.63, 3.8) is 0 Å². The highest BCUT2D eigenvalue weighted by molar-refractivity contribution is 5.93. The molecule has 2 aromatic heterocycles. The smallest absolute Gasteiger partial charge is 0.226 e. The number of nitrogens with one attached hydrogen (secondary N) is 1. The Morgan fingerprint density at radius 3 is 2.50 bits per heavy atom. The number of furan rings is 1. The largest absolute Gasteiger partial charge is 0.467 e. The summed E-state index contributed by atoms with van der Waals surface area (Å²) in [6.45, 7) is 0.676. The summed E-state index contributed by atoms with van der Waals surface area (Å²) >= 11 is 0. The zero-order valence-corrected chi connectivity index (χ0v) is 19.2. The molecule has 0 aliphatic heterocycles. The van der Waals surface area contributed by atoms with Gasteiger partial charge >= 0.3 is 0 Å². The fourth-order valence-corrected chi connectivity index (χ4v) is 3.91. The molecule has 0 fully saturated rings. The van der Waals surface area contributed by atoms with Crippen molar-refractivity contribution in [3.8, 4) is 11.4 Å². The minimum atomic E-state index is -0.423. The Bertz CT molecular complexity index is 1490. The lowest BCUT2D eigenvalue weighted by Gasteiger charge is -2.24. The van der Waals surface area contributed by atoms with Crippen LogP contribution in [0.15, 0.2) is 95.6 Å². The molecule has 0 bridgehead atoms. The van der Waals surface area contributed by atoms with Crippen LogP contribution in [0.25, 0.3) is 22.3 Å². The van der Waals surface area contributed by atoms with E-state index in [2.05, 4.69) is 10.3 Å². The predicted molar refractivity (Wildman–Crippen MR) is 134 cm³/mol. The number of rotatable bonds is 8. The van der Waals surface area contributed by atoms with Gasteiger partial charge in [-0.05, 0) is 66.7 Å². The summed E-state index contributed by atoms with van der Waals surface area (Å²) in [5, 5.41) is 3.54. The zero-order chi connectivity index (χ0) is 24.9. The number of carbonyl (C=O) groups is 1. The first-order valence-corrected chi connectivity index (χ1v) is 11.4. The lowest BCUT2D eigenvalue weighted by Crippen LogP contribution is -2.28. The summed E-state index contributed by atoms with van der Waals surface area (Å²) in [5.41, 5.74) is 1.78. The van der Waals surface area contributed by atoms with Crippen LogP contribution in [-0.2, 0) is 11.3 Å². The van der Waals surface area contributed by atoms with Gasteiger partial charge in [0.05, 0.1) is 18.3 Å². The third kappa shape index (κ3) is 5.38. The lowest BCUT2D eigenvalue weighted by atomic mass is 10.1. The molecule has 0 unspecified atom stereocenters. The maximum Gasteiger partial charge on any atom is 0.226 e. The van der Waals surface area contributed by atoms with Crippen molar-refractivity contribution < 1.29 is 18.0 Å². The van der Waals surface area contributed by atoms with Crippen molar-refractivity contribution >= 4 is 28.3 Å². The van der Waals surface area contributed by atoms with E-state index in [0.29, 0.717) is 41.7 Å². The van der Waals surface area contributed by atoms with Crippen LogP contribution < -0.4 is 10.2 Å². The van der Waals surface area contributed by atoms with E-state index in [1.165, 1.54) is 30.3 Å². The molecule has 0 aliphatic rings. The van der Waals surface area contributed by atoms with Gasteiger partial charge in [0.1, 0.15) is 23.2 Å². The molecule has 0 spiro atoms. The molecule has 0 atom stereocenters. The number of hydrogen-bond acceptors (Lipinski definition) is 5. The quantitative estimate of drug-likeness (QED) is 0.284. The van der Waals surface area contributed by atoms with E-state index in [9.17, 15) is 13.6 Å². The van der Waals surface area contributed by atoms with Gasteiger partial charge in [-0.2, -0.15) is 0 Å². The minimum absolute atomic E-state index is 0.126. The minimum Gasteiger partial charge on any atom is -0.467 e. The normalized spacial score (nSPS) is 10.9. The number of nitrogens with zero attached hydrogens (tertiary/aromatic N) is 3. The first-order valence-electron chi connectivity index (χ1n) is 11.4. The highest BCUT2D eigenvalue weighted by atomic mass is 19.1. The zero-order valence-electron chi connectivity index (χ0n) is 19.2. The molecular formula is C28H22F2N4O2. The second kappa shape index (κ2) is 10.4. The van der Waals surface area contributed by atoms with Gasteiger partial charge in [0, 0.05) is 29.6 Å². The van der Waals surface area contributed by atoms with Gasteiger partial charge < -0.3 is 14.6 Å². The van der Waals surface area contributed by atoms with E-state index in [0.717, 1.165) is 10.9 Å². The Hall–Kier alpha value is -4.59. The summed E-state index contributed by atoms with van der Waals surface area (Å²) in [4.78, 5) is 24.1. The van der Waals surface area contributed by atoms with Crippen LogP contribution >= 0.6 is 0 Å². The lowest BCUT2D eigenvalue weighted by molar-refractivity contribution is -0.116. The number of aromatic nitrogens is 2. The third-order valence-electron chi connectivity index (χ3n) is 5.63. The fourth-order valence-electron chi connectivity index (χ4n) is 3.91. The molecule has 2 heterocycles. The first-order chi connectivity index (χ1) is 17.5. The van der Waals surface area contributed by atoms with Crippen molar-refractivity contribution in [2.75, 3.05) is 16.8 Å². The van der Waals surface area contributed by atoms with E-state index < -0.39 is 5.82 Å². The van der Waals surface area contributed by atoms with Crippen LogP contribution in [0.3, 0.4) is 0 Å². The van der Waals surface area contributed by atoms with Crippen LogP contribution in [0, 0.1) is 11.6 Å². The Morgan fingerprint density at radius 2 is 1.72 bits per heavy atom. The number of amides is 1. The Balaban J connectivity index is 1.48. The maximum absolute atomic E-state index is 13.5. The summed E-state index contributed by atoms with van der Waals surface area (Å²) in [6.07, 6.45) is 1.72. The predicted octanol–water partition coefficient (Wildman–Crippen LogP) is 6.20. The Morgan fingerprint density at radius 1 is 0.889 bits per heavy atom. The molecule has 0 aliphatic carbocycles. The number of fused-ring (bicyclic) bond motifs is 1.